The van der Waals surface area contributed by atoms with E-state index in [9.17, 15) is 9.59 Å². The molecule has 2 rings (SSSR count). The number of quaternary nitrogens is 1. The van der Waals surface area contributed by atoms with Crippen molar-refractivity contribution in [3.8, 4) is 11.5 Å². The molecule has 1 aromatic carbocycles. The predicted octanol–water partition coefficient (Wildman–Crippen LogP) is 0.389. The first-order valence-electron chi connectivity index (χ1n) is 8.84. The van der Waals surface area contributed by atoms with Crippen LogP contribution in [0.3, 0.4) is 0 Å². The Bertz CT molecular complexity index is 615. The molecule has 0 aromatic heterocycles. The van der Waals surface area contributed by atoms with Crippen LogP contribution in [0.5, 0.6) is 11.5 Å². The summed E-state index contributed by atoms with van der Waals surface area (Å²) in [5.41, 5.74) is 0.625. The van der Waals surface area contributed by atoms with Crippen molar-refractivity contribution in [3.05, 3.63) is 18.2 Å². The molecule has 144 valence electrons. The van der Waals surface area contributed by atoms with Gasteiger partial charge in [0, 0.05) is 6.07 Å². The maximum atomic E-state index is 12.2. The largest absolute Gasteiger partial charge is 0.497 e. The lowest BCUT2D eigenvalue weighted by Gasteiger charge is -2.31. The van der Waals surface area contributed by atoms with E-state index < -0.39 is 0 Å². The first kappa shape index (κ1) is 19.8. The third-order valence-electron chi connectivity index (χ3n) is 4.38. The van der Waals surface area contributed by atoms with Crippen LogP contribution in [-0.2, 0) is 9.53 Å². The molecule has 0 spiro atoms. The lowest BCUT2D eigenvalue weighted by atomic mass is 10.2. The van der Waals surface area contributed by atoms with Gasteiger partial charge in [-0.3, -0.25) is 9.69 Å². The minimum atomic E-state index is -0.254. The predicted molar refractivity (Wildman–Crippen MR) is 97.0 cm³/mol. The van der Waals surface area contributed by atoms with Crippen molar-refractivity contribution < 1.29 is 28.7 Å². The first-order valence-corrected chi connectivity index (χ1v) is 8.84. The third-order valence-corrected chi connectivity index (χ3v) is 4.38. The van der Waals surface area contributed by atoms with Gasteiger partial charge in [0.05, 0.1) is 65.7 Å². The van der Waals surface area contributed by atoms with Crippen LogP contribution in [-0.4, -0.2) is 70.5 Å². The van der Waals surface area contributed by atoms with Gasteiger partial charge in [0.1, 0.15) is 11.5 Å². The first-order chi connectivity index (χ1) is 12.6. The van der Waals surface area contributed by atoms with Crippen LogP contribution in [0.2, 0.25) is 0 Å². The van der Waals surface area contributed by atoms with Crippen molar-refractivity contribution in [3.63, 3.8) is 0 Å². The van der Waals surface area contributed by atoms with Crippen LogP contribution in [0, 0.1) is 0 Å². The molecule has 1 saturated heterocycles. The zero-order valence-corrected chi connectivity index (χ0v) is 15.7. The molecule has 8 nitrogen and oxygen atoms in total. The lowest BCUT2D eigenvalue weighted by Crippen LogP contribution is -3.15. The van der Waals surface area contributed by atoms with Crippen molar-refractivity contribution in [2.24, 2.45) is 0 Å². The van der Waals surface area contributed by atoms with Gasteiger partial charge in [-0.05, 0) is 19.1 Å². The monoisotopic (exact) mass is 366 g/mol. The smallest absolute Gasteiger partial charge is 0.410 e. The standard InChI is InChI=1S/C18H27N3O5/c1-4-26-18(23)21-11-9-20(10-12-21)8-7-17(22)19-15-6-5-14(24-2)13-16(15)25-3/h5-6,13H,4,7-12H2,1-3H3,(H,19,22)/p+1. The van der Waals surface area contributed by atoms with Gasteiger partial charge in [0.25, 0.3) is 0 Å². The highest BCUT2D eigenvalue weighted by atomic mass is 16.6. The van der Waals surface area contributed by atoms with E-state index in [1.165, 1.54) is 4.90 Å². The van der Waals surface area contributed by atoms with Crippen LogP contribution >= 0.6 is 0 Å². The van der Waals surface area contributed by atoms with E-state index in [1.54, 1.807) is 44.2 Å². The molecule has 2 N–H and O–H groups in total. The zero-order chi connectivity index (χ0) is 18.9. The highest BCUT2D eigenvalue weighted by Crippen LogP contribution is 2.28. The molecule has 8 heteroatoms. The average molecular weight is 366 g/mol. The molecule has 1 fully saturated rings. The number of carbonyl (C=O) groups is 2. The van der Waals surface area contributed by atoms with Gasteiger partial charge in [-0.15, -0.1) is 0 Å². The minimum Gasteiger partial charge on any atom is -0.497 e. The number of carbonyl (C=O) groups excluding carboxylic acids is 2. The van der Waals surface area contributed by atoms with E-state index in [1.807, 2.05) is 0 Å². The number of nitrogens with one attached hydrogen (secondary N) is 2. The van der Waals surface area contributed by atoms with E-state index in [0.717, 1.165) is 19.6 Å². The van der Waals surface area contributed by atoms with E-state index in [4.69, 9.17) is 14.2 Å². The van der Waals surface area contributed by atoms with Gasteiger partial charge in [-0.2, -0.15) is 0 Å². The molecule has 0 aliphatic carbocycles. The number of methoxy groups -OCH3 is 2. The number of hydrogen-bond acceptors (Lipinski definition) is 5. The minimum absolute atomic E-state index is 0.0613. The summed E-state index contributed by atoms with van der Waals surface area (Å²) >= 11 is 0. The van der Waals surface area contributed by atoms with Gasteiger partial charge in [-0.25, -0.2) is 4.79 Å². The highest BCUT2D eigenvalue weighted by Gasteiger charge is 2.24. The zero-order valence-electron chi connectivity index (χ0n) is 15.7. The summed E-state index contributed by atoms with van der Waals surface area (Å²) in [6, 6.07) is 5.27. The molecule has 1 aliphatic heterocycles. The second kappa shape index (κ2) is 9.86. The van der Waals surface area contributed by atoms with Crippen LogP contribution < -0.4 is 19.7 Å². The Morgan fingerprint density at radius 2 is 1.92 bits per heavy atom. The normalized spacial score (nSPS) is 14.7. The Kier molecular flexibility index (Phi) is 7.53. The molecular weight excluding hydrogens is 338 g/mol. The molecule has 2 amide bonds. The molecule has 0 atom stereocenters. The van der Waals surface area contributed by atoms with Gasteiger partial charge in [-0.1, -0.05) is 0 Å². The molecule has 0 unspecified atom stereocenters. The van der Waals surface area contributed by atoms with E-state index in [-0.39, 0.29) is 12.0 Å². The van der Waals surface area contributed by atoms with Crippen LogP contribution in [0.25, 0.3) is 0 Å². The molecule has 1 aliphatic rings. The number of anilines is 1. The number of hydrogen-bond donors (Lipinski definition) is 2. The number of benzene rings is 1. The Hall–Kier alpha value is -2.48. The van der Waals surface area contributed by atoms with Gasteiger partial charge in [0.15, 0.2) is 0 Å². The number of piperazine rings is 1. The van der Waals surface area contributed by atoms with Crippen LogP contribution in [0.1, 0.15) is 13.3 Å². The SMILES string of the molecule is CCOC(=O)N1CC[NH+](CCC(=O)Nc2ccc(OC)cc2OC)CC1. The van der Waals surface area contributed by atoms with Crippen molar-refractivity contribution in [2.75, 3.05) is 58.9 Å². The summed E-state index contributed by atoms with van der Waals surface area (Å²) in [4.78, 5) is 27.0. The molecular formula is C18H28N3O5+. The fraction of sp³-hybridized carbons (Fsp3) is 0.556. The Labute approximate surface area is 154 Å². The van der Waals surface area contributed by atoms with Gasteiger partial charge in [0.2, 0.25) is 5.91 Å². The fourth-order valence-electron chi connectivity index (χ4n) is 2.88. The molecule has 26 heavy (non-hydrogen) atoms. The summed E-state index contributed by atoms with van der Waals surface area (Å²) < 4.78 is 15.5. The molecule has 0 saturated carbocycles. The van der Waals surface area contributed by atoms with Crippen molar-refractivity contribution in [1.29, 1.82) is 0 Å². The van der Waals surface area contributed by atoms with Crippen LogP contribution in [0.4, 0.5) is 10.5 Å². The summed E-state index contributed by atoms with van der Waals surface area (Å²) in [6.45, 7) is 5.86. The third kappa shape index (κ3) is 5.52. The molecule has 0 bridgehead atoms. The summed E-state index contributed by atoms with van der Waals surface area (Å²) in [5, 5.41) is 2.88. The Balaban J connectivity index is 1.77. The van der Waals surface area contributed by atoms with E-state index in [2.05, 4.69) is 5.32 Å². The summed E-state index contributed by atoms with van der Waals surface area (Å²) in [5.74, 6) is 1.17. The quantitative estimate of drug-likeness (QED) is 0.730. The van der Waals surface area contributed by atoms with Gasteiger partial charge >= 0.3 is 6.09 Å². The number of rotatable bonds is 7. The van der Waals surface area contributed by atoms with E-state index in [0.29, 0.717) is 43.3 Å². The molecule has 1 heterocycles. The maximum absolute atomic E-state index is 12.2. The highest BCUT2D eigenvalue weighted by molar-refractivity contribution is 5.92. The number of nitrogens with zero attached hydrogens (tertiary/aromatic N) is 1. The topological polar surface area (TPSA) is 81.5 Å². The summed E-state index contributed by atoms with van der Waals surface area (Å²) in [6.07, 6.45) is 0.153. The maximum Gasteiger partial charge on any atom is 0.410 e. The van der Waals surface area contributed by atoms with Crippen molar-refractivity contribution in [1.82, 2.24) is 4.90 Å². The second-order valence-corrected chi connectivity index (χ2v) is 6.05. The number of ether oxygens (including phenoxy) is 3. The lowest BCUT2D eigenvalue weighted by molar-refractivity contribution is -0.903. The Morgan fingerprint density at radius 3 is 2.54 bits per heavy atom. The molecule has 0 radical (unpaired) electrons. The summed E-state index contributed by atoms with van der Waals surface area (Å²) in [7, 11) is 3.13. The van der Waals surface area contributed by atoms with Gasteiger partial charge < -0.3 is 24.4 Å². The average Bonchev–Trinajstić information content (AvgIpc) is 2.67. The van der Waals surface area contributed by atoms with E-state index >= 15 is 0 Å². The fourth-order valence-corrected chi connectivity index (χ4v) is 2.88. The number of amides is 2. The molecule has 1 aromatic rings. The Morgan fingerprint density at radius 1 is 1.19 bits per heavy atom. The van der Waals surface area contributed by atoms with Crippen molar-refractivity contribution in [2.45, 2.75) is 13.3 Å². The van der Waals surface area contributed by atoms with Crippen molar-refractivity contribution >= 4 is 17.7 Å². The van der Waals surface area contributed by atoms with Crippen LogP contribution in [0.15, 0.2) is 18.2 Å². The second-order valence-electron chi connectivity index (χ2n) is 6.05.